The van der Waals surface area contributed by atoms with E-state index < -0.39 is 11.7 Å². The van der Waals surface area contributed by atoms with Crippen LogP contribution in [0.15, 0.2) is 28.0 Å². The highest BCUT2D eigenvalue weighted by Crippen LogP contribution is 2.25. The van der Waals surface area contributed by atoms with Crippen molar-refractivity contribution < 1.29 is 13.2 Å². The molecule has 0 aliphatic heterocycles. The average Bonchev–Trinajstić information content (AvgIpc) is 2.49. The Balaban J connectivity index is 5.41. The van der Waals surface area contributed by atoms with Gasteiger partial charge in [-0.3, -0.25) is 0 Å². The lowest BCUT2D eigenvalue weighted by Crippen LogP contribution is -2.26. The predicted octanol–water partition coefficient (Wildman–Crippen LogP) is 6.11. The van der Waals surface area contributed by atoms with Crippen LogP contribution < -0.4 is 0 Å². The minimum Gasteiger partial charge on any atom is -0.357 e. The van der Waals surface area contributed by atoms with Crippen molar-refractivity contribution in [3.8, 4) is 0 Å². The summed E-state index contributed by atoms with van der Waals surface area (Å²) < 4.78 is 38.6. The van der Waals surface area contributed by atoms with Gasteiger partial charge < -0.3 is 4.90 Å². The van der Waals surface area contributed by atoms with Crippen LogP contribution in [0.2, 0.25) is 0 Å². The normalized spacial score (nSPS) is 14.3. The van der Waals surface area contributed by atoms with Gasteiger partial charge in [-0.05, 0) is 38.7 Å². The van der Waals surface area contributed by atoms with E-state index in [1.54, 1.807) is 0 Å². The monoisotopic (exact) mass is 332 g/mol. The van der Waals surface area contributed by atoms with E-state index in [1.165, 1.54) is 6.92 Å². The van der Waals surface area contributed by atoms with E-state index in [1.807, 2.05) is 13.8 Å². The smallest absolute Gasteiger partial charge is 0.357 e. The summed E-state index contributed by atoms with van der Waals surface area (Å²) in [5.41, 5.74) is 0.313. The summed E-state index contributed by atoms with van der Waals surface area (Å²) in [6.07, 6.45) is 2.64. The van der Waals surface area contributed by atoms with Gasteiger partial charge >= 0.3 is 6.18 Å². The third-order valence-electron chi connectivity index (χ3n) is 3.70. The quantitative estimate of drug-likeness (QED) is 0.348. The van der Waals surface area contributed by atoms with Crippen molar-refractivity contribution >= 4 is 6.21 Å². The molecule has 0 amide bonds. The Hall–Kier alpha value is -1.26. The molecule has 23 heavy (non-hydrogen) atoms. The predicted molar refractivity (Wildman–Crippen MR) is 92.7 cm³/mol. The molecule has 0 aliphatic carbocycles. The van der Waals surface area contributed by atoms with Crippen LogP contribution in [0.3, 0.4) is 0 Å². The standard InChI is InChI=1S/C18H31F3N2/c1-6-10-11-13-23(12-7-2)17(15(5)8-3)22-14-16(9-4)18(19,20)21/h9,14H,6-8,10-13H2,1-5H3/b16-9+,17-15?,22-14-. The molecule has 0 aromatic carbocycles. The van der Waals surface area contributed by atoms with Gasteiger partial charge in [0, 0.05) is 19.3 Å². The highest BCUT2D eigenvalue weighted by molar-refractivity contribution is 5.80. The largest absolute Gasteiger partial charge is 0.417 e. The molecule has 0 heterocycles. The van der Waals surface area contributed by atoms with Crippen LogP contribution in [-0.4, -0.2) is 30.4 Å². The fourth-order valence-corrected chi connectivity index (χ4v) is 2.21. The number of rotatable bonds is 10. The van der Waals surface area contributed by atoms with E-state index in [-0.39, 0.29) is 0 Å². The maximum atomic E-state index is 12.9. The summed E-state index contributed by atoms with van der Waals surface area (Å²) in [5, 5.41) is 0. The number of hydrogen-bond acceptors (Lipinski definition) is 2. The Morgan fingerprint density at radius 1 is 1.04 bits per heavy atom. The second-order valence-electron chi connectivity index (χ2n) is 5.65. The minimum atomic E-state index is -4.36. The molecule has 0 aliphatic rings. The van der Waals surface area contributed by atoms with Crippen molar-refractivity contribution in [2.45, 2.75) is 72.9 Å². The second kappa shape index (κ2) is 11.3. The first-order chi connectivity index (χ1) is 10.8. The second-order valence-corrected chi connectivity index (χ2v) is 5.65. The number of allylic oxidation sites excluding steroid dienone is 3. The van der Waals surface area contributed by atoms with Crippen LogP contribution in [-0.2, 0) is 0 Å². The minimum absolute atomic E-state index is 0.689. The van der Waals surface area contributed by atoms with Gasteiger partial charge in [-0.15, -0.1) is 0 Å². The molecule has 134 valence electrons. The summed E-state index contributed by atoms with van der Waals surface area (Å²) in [5.74, 6) is 0.689. The van der Waals surface area contributed by atoms with Crippen molar-refractivity contribution in [3.05, 3.63) is 23.0 Å². The Kier molecular flexibility index (Phi) is 10.7. The first-order valence-electron chi connectivity index (χ1n) is 8.53. The SMILES string of the molecule is C/C=C(\C=N/C(=C(C)CC)N(CCC)CCCCC)C(F)(F)F. The average molecular weight is 332 g/mol. The number of alkyl halides is 3. The van der Waals surface area contributed by atoms with Crippen molar-refractivity contribution in [3.63, 3.8) is 0 Å². The van der Waals surface area contributed by atoms with Gasteiger partial charge in [0.1, 0.15) is 5.82 Å². The third kappa shape index (κ3) is 8.24. The zero-order chi connectivity index (χ0) is 17.9. The van der Waals surface area contributed by atoms with Gasteiger partial charge in [0.15, 0.2) is 0 Å². The lowest BCUT2D eigenvalue weighted by molar-refractivity contribution is -0.0857. The summed E-state index contributed by atoms with van der Waals surface area (Å²) in [4.78, 5) is 6.34. The maximum absolute atomic E-state index is 12.9. The Bertz CT molecular complexity index is 420. The molecule has 0 N–H and O–H groups in total. The molecule has 0 fully saturated rings. The molecule has 0 radical (unpaired) electrons. The summed E-state index contributed by atoms with van der Waals surface area (Å²) in [7, 11) is 0. The molecule has 0 saturated carbocycles. The highest BCUT2D eigenvalue weighted by atomic mass is 19.4. The van der Waals surface area contributed by atoms with E-state index in [2.05, 4.69) is 23.7 Å². The topological polar surface area (TPSA) is 15.6 Å². The van der Waals surface area contributed by atoms with Crippen molar-refractivity contribution in [1.29, 1.82) is 0 Å². The Morgan fingerprint density at radius 3 is 2.13 bits per heavy atom. The van der Waals surface area contributed by atoms with Gasteiger partial charge in [0.25, 0.3) is 0 Å². The van der Waals surface area contributed by atoms with Gasteiger partial charge in [-0.1, -0.05) is 39.7 Å². The van der Waals surface area contributed by atoms with Crippen LogP contribution in [0.25, 0.3) is 0 Å². The molecular weight excluding hydrogens is 301 g/mol. The van der Waals surface area contributed by atoms with E-state index in [9.17, 15) is 13.2 Å². The van der Waals surface area contributed by atoms with E-state index in [4.69, 9.17) is 0 Å². The van der Waals surface area contributed by atoms with E-state index in [0.717, 1.165) is 63.1 Å². The summed E-state index contributed by atoms with van der Waals surface area (Å²) in [6, 6.07) is 0. The molecule has 0 atom stereocenters. The van der Waals surface area contributed by atoms with Crippen molar-refractivity contribution in [2.24, 2.45) is 4.99 Å². The summed E-state index contributed by atoms with van der Waals surface area (Å²) >= 11 is 0. The number of nitrogens with zero attached hydrogens (tertiary/aromatic N) is 2. The number of hydrogen-bond donors (Lipinski definition) is 0. The van der Waals surface area contributed by atoms with Crippen LogP contribution in [0, 0.1) is 0 Å². The highest BCUT2D eigenvalue weighted by Gasteiger charge is 2.31. The number of aliphatic imine (C=N–C) groups is 1. The molecular formula is C18H31F3N2. The fraction of sp³-hybridized carbons (Fsp3) is 0.722. The lowest BCUT2D eigenvalue weighted by atomic mass is 10.2. The third-order valence-corrected chi connectivity index (χ3v) is 3.70. The van der Waals surface area contributed by atoms with Crippen molar-refractivity contribution in [1.82, 2.24) is 4.90 Å². The summed E-state index contributed by atoms with van der Waals surface area (Å²) in [6.45, 7) is 11.2. The van der Waals surface area contributed by atoms with Gasteiger partial charge in [0.2, 0.25) is 0 Å². The van der Waals surface area contributed by atoms with E-state index >= 15 is 0 Å². The Morgan fingerprint density at radius 2 is 1.70 bits per heavy atom. The van der Waals surface area contributed by atoms with Gasteiger partial charge in [0.05, 0.1) is 5.57 Å². The molecule has 0 saturated heterocycles. The van der Waals surface area contributed by atoms with Crippen LogP contribution in [0.4, 0.5) is 13.2 Å². The molecule has 2 nitrogen and oxygen atoms in total. The van der Waals surface area contributed by atoms with Crippen LogP contribution >= 0.6 is 0 Å². The fourth-order valence-electron chi connectivity index (χ4n) is 2.21. The number of unbranched alkanes of at least 4 members (excludes halogenated alkanes) is 2. The van der Waals surface area contributed by atoms with Crippen LogP contribution in [0.5, 0.6) is 0 Å². The molecule has 0 aromatic heterocycles. The Labute approximate surface area is 139 Å². The lowest BCUT2D eigenvalue weighted by Gasteiger charge is -2.26. The molecule has 0 spiro atoms. The maximum Gasteiger partial charge on any atom is 0.417 e. The van der Waals surface area contributed by atoms with Gasteiger partial charge in [-0.25, -0.2) is 4.99 Å². The first kappa shape index (κ1) is 21.7. The molecule has 0 unspecified atom stereocenters. The molecule has 0 aromatic rings. The van der Waals surface area contributed by atoms with E-state index in [0.29, 0.717) is 5.82 Å². The molecule has 0 bridgehead atoms. The first-order valence-corrected chi connectivity index (χ1v) is 8.53. The van der Waals surface area contributed by atoms with Gasteiger partial charge in [-0.2, -0.15) is 13.2 Å². The number of halogens is 3. The zero-order valence-electron chi connectivity index (χ0n) is 15.1. The van der Waals surface area contributed by atoms with Crippen molar-refractivity contribution in [2.75, 3.05) is 13.1 Å². The molecule has 5 heteroatoms. The zero-order valence-corrected chi connectivity index (χ0v) is 15.1. The molecule has 0 rings (SSSR count). The van der Waals surface area contributed by atoms with Crippen LogP contribution in [0.1, 0.15) is 66.7 Å².